The van der Waals surface area contributed by atoms with Gasteiger partial charge < -0.3 is 10.1 Å². The van der Waals surface area contributed by atoms with Crippen LogP contribution in [0, 0.1) is 5.92 Å². The Morgan fingerprint density at radius 3 is 2.79 bits per heavy atom. The molecule has 2 unspecified atom stereocenters. The van der Waals surface area contributed by atoms with E-state index in [0.29, 0.717) is 5.92 Å². The van der Waals surface area contributed by atoms with Crippen molar-refractivity contribution in [1.82, 2.24) is 0 Å². The molecule has 1 saturated heterocycles. The van der Waals surface area contributed by atoms with E-state index in [1.807, 2.05) is 36.0 Å². The zero-order valence-electron chi connectivity index (χ0n) is 10.9. The molecule has 104 valence electrons. The topological polar surface area (TPSA) is 38.3 Å². The number of halogens is 1. The number of methoxy groups -OCH3 is 1. The molecule has 1 aromatic rings. The summed E-state index contributed by atoms with van der Waals surface area (Å²) in [4.78, 5) is 12.0. The van der Waals surface area contributed by atoms with Crippen molar-refractivity contribution in [3.05, 3.63) is 28.7 Å². The van der Waals surface area contributed by atoms with Gasteiger partial charge in [-0.25, -0.2) is 4.79 Å². The van der Waals surface area contributed by atoms with Gasteiger partial charge in [-0.15, -0.1) is 0 Å². The Kier molecular flexibility index (Phi) is 5.58. The molecule has 1 fully saturated rings. The summed E-state index contributed by atoms with van der Waals surface area (Å²) >= 11 is 5.33. The van der Waals surface area contributed by atoms with Crippen LogP contribution in [0.3, 0.4) is 0 Å². The molecule has 19 heavy (non-hydrogen) atoms. The van der Waals surface area contributed by atoms with Crippen molar-refractivity contribution in [3.63, 3.8) is 0 Å². The average Bonchev–Trinajstić information content (AvgIpc) is 2.47. The quantitative estimate of drug-likeness (QED) is 0.848. The van der Waals surface area contributed by atoms with Crippen LogP contribution in [0.1, 0.15) is 12.8 Å². The van der Waals surface area contributed by atoms with Gasteiger partial charge in [-0.2, -0.15) is 11.8 Å². The summed E-state index contributed by atoms with van der Waals surface area (Å²) < 4.78 is 5.97. The number of nitrogens with one attached hydrogen (secondary N) is 1. The van der Waals surface area contributed by atoms with E-state index in [9.17, 15) is 4.79 Å². The second-order valence-electron chi connectivity index (χ2n) is 4.63. The minimum absolute atomic E-state index is 0.171. The molecule has 2 rings (SSSR count). The Labute approximate surface area is 126 Å². The SMILES string of the molecule is COC(=O)C(Nc1ccc(Br)cc1)C1CCCSC1. The van der Waals surface area contributed by atoms with Crippen molar-refractivity contribution in [2.24, 2.45) is 5.92 Å². The average molecular weight is 344 g/mol. The van der Waals surface area contributed by atoms with E-state index in [4.69, 9.17) is 4.74 Å². The van der Waals surface area contributed by atoms with Gasteiger partial charge in [0.2, 0.25) is 0 Å². The minimum Gasteiger partial charge on any atom is -0.467 e. The maximum absolute atomic E-state index is 12.0. The summed E-state index contributed by atoms with van der Waals surface area (Å²) in [5, 5.41) is 3.32. The molecule has 5 heteroatoms. The van der Waals surface area contributed by atoms with E-state index in [-0.39, 0.29) is 12.0 Å². The van der Waals surface area contributed by atoms with Gasteiger partial charge in [-0.1, -0.05) is 15.9 Å². The molecule has 1 aliphatic heterocycles. The normalized spacial score (nSPS) is 20.6. The number of carbonyl (C=O) groups excluding carboxylic acids is 1. The molecule has 0 saturated carbocycles. The van der Waals surface area contributed by atoms with Crippen LogP contribution in [0.25, 0.3) is 0 Å². The van der Waals surface area contributed by atoms with E-state index in [2.05, 4.69) is 21.2 Å². The Morgan fingerprint density at radius 2 is 2.21 bits per heavy atom. The smallest absolute Gasteiger partial charge is 0.328 e. The number of anilines is 1. The maximum Gasteiger partial charge on any atom is 0.328 e. The molecule has 0 spiro atoms. The van der Waals surface area contributed by atoms with Gasteiger partial charge in [0.15, 0.2) is 0 Å². The summed E-state index contributed by atoms with van der Waals surface area (Å²) in [7, 11) is 1.45. The lowest BCUT2D eigenvalue weighted by atomic mass is 9.96. The highest BCUT2D eigenvalue weighted by atomic mass is 79.9. The highest BCUT2D eigenvalue weighted by Gasteiger charge is 2.30. The lowest BCUT2D eigenvalue weighted by Gasteiger charge is -2.29. The van der Waals surface area contributed by atoms with Crippen LogP contribution in [-0.4, -0.2) is 30.6 Å². The van der Waals surface area contributed by atoms with Crippen molar-refractivity contribution >= 4 is 39.3 Å². The number of hydrogen-bond acceptors (Lipinski definition) is 4. The molecule has 0 aliphatic carbocycles. The molecule has 0 radical (unpaired) electrons. The van der Waals surface area contributed by atoms with E-state index < -0.39 is 0 Å². The standard InChI is InChI=1S/C14H18BrNO2S/c1-18-14(17)13(10-3-2-8-19-9-10)16-12-6-4-11(15)5-7-12/h4-7,10,13,16H,2-3,8-9H2,1H3. The second kappa shape index (κ2) is 7.20. The second-order valence-corrected chi connectivity index (χ2v) is 6.69. The zero-order valence-corrected chi connectivity index (χ0v) is 13.3. The van der Waals surface area contributed by atoms with Crippen LogP contribution in [0.2, 0.25) is 0 Å². The first-order valence-electron chi connectivity index (χ1n) is 6.38. The van der Waals surface area contributed by atoms with Gasteiger partial charge >= 0.3 is 5.97 Å². The number of thioether (sulfide) groups is 1. The minimum atomic E-state index is -0.251. The van der Waals surface area contributed by atoms with Gasteiger partial charge in [0, 0.05) is 10.2 Å². The molecule has 0 bridgehead atoms. The van der Waals surface area contributed by atoms with E-state index >= 15 is 0 Å². The third kappa shape index (κ3) is 4.14. The summed E-state index contributed by atoms with van der Waals surface area (Å²) in [5.41, 5.74) is 0.953. The van der Waals surface area contributed by atoms with E-state index in [1.165, 1.54) is 19.3 Å². The van der Waals surface area contributed by atoms with Gasteiger partial charge in [0.25, 0.3) is 0 Å². The largest absolute Gasteiger partial charge is 0.467 e. The number of rotatable bonds is 4. The van der Waals surface area contributed by atoms with Crippen LogP contribution < -0.4 is 5.32 Å². The molecular formula is C14H18BrNO2S. The third-order valence-corrected chi connectivity index (χ3v) is 5.06. The highest BCUT2D eigenvalue weighted by Crippen LogP contribution is 2.28. The van der Waals surface area contributed by atoms with Crippen molar-refractivity contribution in [2.75, 3.05) is 23.9 Å². The van der Waals surface area contributed by atoms with Crippen molar-refractivity contribution < 1.29 is 9.53 Å². The highest BCUT2D eigenvalue weighted by molar-refractivity contribution is 9.10. The summed E-state index contributed by atoms with van der Waals surface area (Å²) in [6.45, 7) is 0. The monoisotopic (exact) mass is 343 g/mol. The van der Waals surface area contributed by atoms with Crippen LogP contribution in [0.15, 0.2) is 28.7 Å². The molecule has 1 heterocycles. The molecule has 0 amide bonds. The molecule has 1 aliphatic rings. The van der Waals surface area contributed by atoms with Crippen molar-refractivity contribution in [3.8, 4) is 0 Å². The summed E-state index contributed by atoms with van der Waals surface area (Å²) in [6.07, 6.45) is 2.25. The fourth-order valence-electron chi connectivity index (χ4n) is 2.25. The van der Waals surface area contributed by atoms with E-state index in [1.54, 1.807) is 0 Å². The first kappa shape index (κ1) is 14.7. The lowest BCUT2D eigenvalue weighted by Crippen LogP contribution is -2.40. The molecule has 2 atom stereocenters. The lowest BCUT2D eigenvalue weighted by molar-refractivity contribution is -0.142. The van der Waals surface area contributed by atoms with Crippen molar-refractivity contribution in [2.45, 2.75) is 18.9 Å². The molecule has 1 N–H and O–H groups in total. The molecule has 3 nitrogen and oxygen atoms in total. The van der Waals surface area contributed by atoms with Crippen molar-refractivity contribution in [1.29, 1.82) is 0 Å². The molecular weight excluding hydrogens is 326 g/mol. The maximum atomic E-state index is 12.0. The fraction of sp³-hybridized carbons (Fsp3) is 0.500. The predicted octanol–water partition coefficient (Wildman–Crippen LogP) is 3.55. The number of benzene rings is 1. The first-order valence-corrected chi connectivity index (χ1v) is 8.33. The van der Waals surface area contributed by atoms with Crippen LogP contribution in [0.4, 0.5) is 5.69 Å². The summed E-state index contributed by atoms with van der Waals surface area (Å²) in [5.74, 6) is 2.39. The Morgan fingerprint density at radius 1 is 1.47 bits per heavy atom. The van der Waals surface area contributed by atoms with Crippen LogP contribution >= 0.6 is 27.7 Å². The Hall–Kier alpha value is -0.680. The number of hydrogen-bond donors (Lipinski definition) is 1. The van der Waals surface area contributed by atoms with Gasteiger partial charge in [0.05, 0.1) is 7.11 Å². The van der Waals surface area contributed by atoms with Gasteiger partial charge in [0.1, 0.15) is 6.04 Å². The Balaban J connectivity index is 2.08. The zero-order chi connectivity index (χ0) is 13.7. The number of ether oxygens (including phenoxy) is 1. The molecule has 0 aromatic heterocycles. The summed E-state index contributed by atoms with van der Waals surface area (Å²) in [6, 6.07) is 7.61. The Bertz CT molecular complexity index is 418. The first-order chi connectivity index (χ1) is 9.20. The number of carbonyl (C=O) groups is 1. The number of esters is 1. The van der Waals surface area contributed by atoms with Gasteiger partial charge in [-0.3, -0.25) is 0 Å². The third-order valence-electron chi connectivity index (χ3n) is 3.29. The predicted molar refractivity (Wildman–Crippen MR) is 83.6 cm³/mol. The van der Waals surface area contributed by atoms with E-state index in [0.717, 1.165) is 22.3 Å². The van der Waals surface area contributed by atoms with Crippen LogP contribution in [0.5, 0.6) is 0 Å². The van der Waals surface area contributed by atoms with Gasteiger partial charge in [-0.05, 0) is 54.5 Å². The molecule has 1 aromatic carbocycles. The fourth-order valence-corrected chi connectivity index (χ4v) is 3.71. The van der Waals surface area contributed by atoms with Crippen LogP contribution in [-0.2, 0) is 9.53 Å².